The fourth-order valence-electron chi connectivity index (χ4n) is 1.91. The highest BCUT2D eigenvalue weighted by molar-refractivity contribution is 7.98. The van der Waals surface area contributed by atoms with Gasteiger partial charge >= 0.3 is 0 Å². The molecule has 2 rings (SSSR count). The lowest BCUT2D eigenvalue weighted by Gasteiger charge is -2.08. The number of thioether (sulfide) groups is 1. The van der Waals surface area contributed by atoms with Gasteiger partial charge in [0, 0.05) is 25.4 Å². The molecular weight excluding hydrogens is 298 g/mol. The fraction of sp³-hybridized carbons (Fsp3) is 0.188. The van der Waals surface area contributed by atoms with Crippen molar-refractivity contribution in [1.29, 1.82) is 0 Å². The maximum Gasteiger partial charge on any atom is 0.254 e. The summed E-state index contributed by atoms with van der Waals surface area (Å²) in [5.74, 6) is -0.259. The minimum Gasteiger partial charge on any atom is -0.348 e. The molecule has 0 radical (unpaired) electrons. The molecule has 0 fully saturated rings. The van der Waals surface area contributed by atoms with E-state index in [1.807, 2.05) is 18.4 Å². The molecule has 2 amide bonds. The SMILES string of the molecule is CSc1ncccc1C(=O)NCc1ccc(NC(C)=O)cc1. The zero-order valence-corrected chi connectivity index (χ0v) is 13.2. The van der Waals surface area contributed by atoms with Crippen LogP contribution in [0, 0.1) is 0 Å². The van der Waals surface area contributed by atoms with E-state index in [1.54, 1.807) is 30.5 Å². The van der Waals surface area contributed by atoms with Crippen LogP contribution in [0.1, 0.15) is 22.8 Å². The van der Waals surface area contributed by atoms with Crippen LogP contribution in [-0.4, -0.2) is 23.1 Å². The van der Waals surface area contributed by atoms with E-state index < -0.39 is 0 Å². The number of rotatable bonds is 5. The van der Waals surface area contributed by atoms with Crippen molar-refractivity contribution in [1.82, 2.24) is 10.3 Å². The molecule has 0 aliphatic rings. The van der Waals surface area contributed by atoms with Crippen LogP contribution in [0.15, 0.2) is 47.6 Å². The Morgan fingerprint density at radius 2 is 1.91 bits per heavy atom. The van der Waals surface area contributed by atoms with Gasteiger partial charge in [0.25, 0.3) is 5.91 Å². The third-order valence-electron chi connectivity index (χ3n) is 2.94. The highest BCUT2D eigenvalue weighted by Crippen LogP contribution is 2.16. The molecule has 0 saturated carbocycles. The van der Waals surface area contributed by atoms with Gasteiger partial charge in [-0.25, -0.2) is 4.98 Å². The molecule has 0 aliphatic carbocycles. The molecule has 114 valence electrons. The first kappa shape index (κ1) is 16.0. The molecular formula is C16H17N3O2S. The number of nitrogens with zero attached hydrogens (tertiary/aromatic N) is 1. The zero-order valence-electron chi connectivity index (χ0n) is 12.4. The summed E-state index contributed by atoms with van der Waals surface area (Å²) >= 11 is 1.44. The molecule has 0 aliphatic heterocycles. The summed E-state index contributed by atoms with van der Waals surface area (Å²) < 4.78 is 0. The highest BCUT2D eigenvalue weighted by Gasteiger charge is 2.10. The van der Waals surface area contributed by atoms with Gasteiger partial charge in [0.15, 0.2) is 0 Å². The van der Waals surface area contributed by atoms with Crippen LogP contribution in [0.3, 0.4) is 0 Å². The largest absolute Gasteiger partial charge is 0.348 e. The lowest BCUT2D eigenvalue weighted by molar-refractivity contribution is -0.114. The monoisotopic (exact) mass is 315 g/mol. The molecule has 6 heteroatoms. The Morgan fingerprint density at radius 1 is 1.18 bits per heavy atom. The smallest absolute Gasteiger partial charge is 0.254 e. The molecule has 0 spiro atoms. The van der Waals surface area contributed by atoms with E-state index in [2.05, 4.69) is 15.6 Å². The molecule has 22 heavy (non-hydrogen) atoms. The summed E-state index contributed by atoms with van der Waals surface area (Å²) in [6.45, 7) is 1.88. The molecule has 0 atom stereocenters. The maximum absolute atomic E-state index is 12.2. The molecule has 2 N–H and O–H groups in total. The third-order valence-corrected chi connectivity index (χ3v) is 3.65. The number of pyridine rings is 1. The zero-order chi connectivity index (χ0) is 15.9. The van der Waals surface area contributed by atoms with E-state index in [-0.39, 0.29) is 11.8 Å². The van der Waals surface area contributed by atoms with Crippen molar-refractivity contribution in [2.45, 2.75) is 18.5 Å². The van der Waals surface area contributed by atoms with Crippen LogP contribution in [-0.2, 0) is 11.3 Å². The Balaban J connectivity index is 1.97. The fourth-order valence-corrected chi connectivity index (χ4v) is 2.46. The molecule has 1 heterocycles. The summed E-state index contributed by atoms with van der Waals surface area (Å²) in [6, 6.07) is 10.8. The lowest BCUT2D eigenvalue weighted by atomic mass is 10.2. The van der Waals surface area contributed by atoms with Crippen molar-refractivity contribution < 1.29 is 9.59 Å². The Kier molecular flexibility index (Phi) is 5.55. The van der Waals surface area contributed by atoms with E-state index in [0.29, 0.717) is 17.1 Å². The van der Waals surface area contributed by atoms with Gasteiger partial charge in [0.05, 0.1) is 5.56 Å². The van der Waals surface area contributed by atoms with Gasteiger partial charge in [-0.3, -0.25) is 9.59 Å². The van der Waals surface area contributed by atoms with Gasteiger partial charge in [-0.15, -0.1) is 11.8 Å². The predicted octanol–water partition coefficient (Wildman–Crippen LogP) is 2.69. The van der Waals surface area contributed by atoms with Crippen molar-refractivity contribution in [2.24, 2.45) is 0 Å². The Bertz CT molecular complexity index is 671. The maximum atomic E-state index is 12.2. The van der Waals surface area contributed by atoms with Crippen molar-refractivity contribution in [3.63, 3.8) is 0 Å². The third kappa shape index (κ3) is 4.33. The molecule has 0 unspecified atom stereocenters. The first-order chi connectivity index (χ1) is 10.6. The minimum atomic E-state index is -0.150. The number of carbonyl (C=O) groups is 2. The second-order valence-electron chi connectivity index (χ2n) is 4.62. The van der Waals surface area contributed by atoms with Crippen LogP contribution in [0.4, 0.5) is 5.69 Å². The minimum absolute atomic E-state index is 0.109. The van der Waals surface area contributed by atoms with Gasteiger partial charge in [0.2, 0.25) is 5.91 Å². The highest BCUT2D eigenvalue weighted by atomic mass is 32.2. The number of carbonyl (C=O) groups excluding carboxylic acids is 2. The Hall–Kier alpha value is -2.34. The summed E-state index contributed by atoms with van der Waals surface area (Å²) in [5.41, 5.74) is 2.27. The second-order valence-corrected chi connectivity index (χ2v) is 5.42. The summed E-state index contributed by atoms with van der Waals surface area (Å²) in [4.78, 5) is 27.3. The van der Waals surface area contributed by atoms with E-state index in [9.17, 15) is 9.59 Å². The molecule has 2 aromatic rings. The summed E-state index contributed by atoms with van der Waals surface area (Å²) in [5, 5.41) is 6.28. The number of anilines is 1. The normalized spacial score (nSPS) is 10.1. The van der Waals surface area contributed by atoms with Crippen LogP contribution in [0.25, 0.3) is 0 Å². The van der Waals surface area contributed by atoms with Crippen molar-refractivity contribution in [2.75, 3.05) is 11.6 Å². The standard InChI is InChI=1S/C16H17N3O2S/c1-11(20)19-13-7-5-12(6-8-13)10-18-15(21)14-4-3-9-17-16(14)22-2/h3-9H,10H2,1-2H3,(H,18,21)(H,19,20). The number of hydrogen-bond acceptors (Lipinski definition) is 4. The number of nitrogens with one attached hydrogen (secondary N) is 2. The summed E-state index contributed by atoms with van der Waals surface area (Å²) in [7, 11) is 0. The van der Waals surface area contributed by atoms with E-state index >= 15 is 0 Å². The van der Waals surface area contributed by atoms with Gasteiger partial charge in [-0.1, -0.05) is 12.1 Å². The van der Waals surface area contributed by atoms with Gasteiger partial charge < -0.3 is 10.6 Å². The molecule has 0 saturated heterocycles. The van der Waals surface area contributed by atoms with Crippen molar-refractivity contribution >= 4 is 29.3 Å². The molecule has 5 nitrogen and oxygen atoms in total. The quantitative estimate of drug-likeness (QED) is 0.832. The first-order valence-corrected chi connectivity index (χ1v) is 7.96. The Morgan fingerprint density at radius 3 is 2.55 bits per heavy atom. The van der Waals surface area contributed by atoms with Crippen LogP contribution < -0.4 is 10.6 Å². The number of aromatic nitrogens is 1. The number of amides is 2. The molecule has 1 aromatic heterocycles. The van der Waals surface area contributed by atoms with Gasteiger partial charge in [0.1, 0.15) is 5.03 Å². The molecule has 0 bridgehead atoms. The van der Waals surface area contributed by atoms with Gasteiger partial charge in [-0.05, 0) is 36.1 Å². The predicted molar refractivity (Wildman–Crippen MR) is 87.9 cm³/mol. The van der Waals surface area contributed by atoms with Crippen LogP contribution in [0.2, 0.25) is 0 Å². The van der Waals surface area contributed by atoms with E-state index in [0.717, 1.165) is 11.3 Å². The summed E-state index contributed by atoms with van der Waals surface area (Å²) in [6.07, 6.45) is 3.56. The van der Waals surface area contributed by atoms with Crippen molar-refractivity contribution in [3.8, 4) is 0 Å². The topological polar surface area (TPSA) is 71.1 Å². The van der Waals surface area contributed by atoms with Crippen molar-refractivity contribution in [3.05, 3.63) is 53.7 Å². The molecule has 1 aromatic carbocycles. The second kappa shape index (κ2) is 7.61. The number of benzene rings is 1. The van der Waals surface area contributed by atoms with Crippen LogP contribution >= 0.6 is 11.8 Å². The number of hydrogen-bond donors (Lipinski definition) is 2. The Labute approximate surface area is 133 Å². The van der Waals surface area contributed by atoms with E-state index in [4.69, 9.17) is 0 Å². The average Bonchev–Trinajstić information content (AvgIpc) is 2.53. The van der Waals surface area contributed by atoms with E-state index in [1.165, 1.54) is 18.7 Å². The van der Waals surface area contributed by atoms with Crippen LogP contribution in [0.5, 0.6) is 0 Å². The lowest BCUT2D eigenvalue weighted by Crippen LogP contribution is -2.23. The average molecular weight is 315 g/mol. The van der Waals surface area contributed by atoms with Gasteiger partial charge in [-0.2, -0.15) is 0 Å². The first-order valence-electron chi connectivity index (χ1n) is 6.74.